The van der Waals surface area contributed by atoms with Gasteiger partial charge in [0.1, 0.15) is 11.2 Å². The summed E-state index contributed by atoms with van der Waals surface area (Å²) in [6.45, 7) is 1.18. The Morgan fingerprint density at radius 1 is 1.42 bits per heavy atom. The van der Waals surface area contributed by atoms with E-state index in [1.165, 1.54) is 13.3 Å². The van der Waals surface area contributed by atoms with Gasteiger partial charge < -0.3 is 5.11 Å². The largest absolute Gasteiger partial charge is 0.377 e. The highest BCUT2D eigenvalue weighted by Gasteiger charge is 2.20. The number of aromatic nitrogens is 2. The first-order chi connectivity index (χ1) is 5.55. The molecule has 0 bridgehead atoms. The summed E-state index contributed by atoms with van der Waals surface area (Å²) < 4.78 is 22.4. The Morgan fingerprint density at radius 3 is 2.33 bits per heavy atom. The van der Waals surface area contributed by atoms with Crippen LogP contribution in [0.3, 0.4) is 0 Å². The topological polar surface area (TPSA) is 80.1 Å². The zero-order chi connectivity index (χ0) is 9.19. The molecule has 0 amide bonds. The van der Waals surface area contributed by atoms with Gasteiger partial charge in [0.2, 0.25) is 9.84 Å². The fourth-order valence-electron chi connectivity index (χ4n) is 0.629. The normalized spacial score (nSPS) is 14.2. The van der Waals surface area contributed by atoms with E-state index in [-0.39, 0.29) is 4.90 Å². The summed E-state index contributed by atoms with van der Waals surface area (Å²) in [7, 11) is -3.65. The predicted molar refractivity (Wildman–Crippen MR) is 40.9 cm³/mol. The van der Waals surface area contributed by atoms with Crippen LogP contribution in [-0.2, 0) is 9.84 Å². The summed E-state index contributed by atoms with van der Waals surface area (Å²) in [4.78, 5) is 6.99. The Labute approximate surface area is 70.0 Å². The summed E-state index contributed by atoms with van der Waals surface area (Å²) in [5.41, 5.74) is -1.43. The first kappa shape index (κ1) is 9.08. The Bertz CT molecular complexity index is 346. The molecule has 1 heterocycles. The van der Waals surface area contributed by atoms with E-state index < -0.39 is 15.3 Å². The monoisotopic (exact) mass is 188 g/mol. The van der Waals surface area contributed by atoms with Crippen molar-refractivity contribution < 1.29 is 13.5 Å². The molecule has 1 aromatic rings. The number of sulfone groups is 1. The van der Waals surface area contributed by atoms with Crippen molar-refractivity contribution in [1.82, 2.24) is 9.97 Å². The van der Waals surface area contributed by atoms with E-state index in [1.54, 1.807) is 0 Å². The molecule has 0 saturated heterocycles. The minimum absolute atomic E-state index is 0.0694. The molecule has 0 aromatic carbocycles. The van der Waals surface area contributed by atoms with Crippen molar-refractivity contribution in [2.24, 2.45) is 0 Å². The molecule has 0 aliphatic heterocycles. The number of rotatable bonds is 2. The van der Waals surface area contributed by atoms with Gasteiger partial charge in [0.15, 0.2) is 5.44 Å². The SMILES string of the molecule is CC(O)S(=O)(=O)c1cncnc1. The lowest BCUT2D eigenvalue weighted by Crippen LogP contribution is -2.17. The number of hydrogen-bond donors (Lipinski definition) is 1. The van der Waals surface area contributed by atoms with E-state index in [9.17, 15) is 8.42 Å². The van der Waals surface area contributed by atoms with E-state index >= 15 is 0 Å². The van der Waals surface area contributed by atoms with Crippen LogP contribution in [0.15, 0.2) is 23.6 Å². The van der Waals surface area contributed by atoms with Crippen molar-refractivity contribution >= 4 is 9.84 Å². The van der Waals surface area contributed by atoms with Crippen LogP contribution in [0.1, 0.15) is 6.92 Å². The maximum absolute atomic E-state index is 11.2. The molecule has 1 N–H and O–H groups in total. The first-order valence-electron chi connectivity index (χ1n) is 3.22. The molecule has 1 rings (SSSR count). The van der Waals surface area contributed by atoms with Gasteiger partial charge in [0, 0.05) is 12.4 Å². The van der Waals surface area contributed by atoms with Crippen molar-refractivity contribution in [1.29, 1.82) is 0 Å². The maximum atomic E-state index is 11.2. The smallest absolute Gasteiger partial charge is 0.207 e. The van der Waals surface area contributed by atoms with Crippen molar-refractivity contribution in [2.75, 3.05) is 0 Å². The van der Waals surface area contributed by atoms with Gasteiger partial charge in [-0.3, -0.25) is 0 Å². The van der Waals surface area contributed by atoms with Gasteiger partial charge in [0.25, 0.3) is 0 Å². The number of hydrogen-bond acceptors (Lipinski definition) is 5. The van der Waals surface area contributed by atoms with Crippen molar-refractivity contribution in [2.45, 2.75) is 17.3 Å². The molecule has 6 heteroatoms. The predicted octanol–water partition coefficient (Wildman–Crippen LogP) is -0.411. The van der Waals surface area contributed by atoms with Crippen LogP contribution in [-0.4, -0.2) is 28.9 Å². The number of aliphatic hydroxyl groups is 1. The standard InChI is InChI=1S/C6H8N2O3S/c1-5(9)12(10,11)6-2-7-4-8-3-6/h2-5,9H,1H3. The summed E-state index contributed by atoms with van der Waals surface area (Å²) in [5.74, 6) is 0. The molecule has 0 aliphatic rings. The average molecular weight is 188 g/mol. The molecule has 1 atom stereocenters. The van der Waals surface area contributed by atoms with Crippen molar-refractivity contribution in [3.63, 3.8) is 0 Å². The zero-order valence-corrected chi connectivity index (χ0v) is 7.19. The fraction of sp³-hybridized carbons (Fsp3) is 0.333. The molecule has 66 valence electrons. The molecule has 0 fully saturated rings. The Balaban J connectivity index is 3.17. The molecule has 0 saturated carbocycles. The molecular weight excluding hydrogens is 180 g/mol. The second-order valence-corrected chi connectivity index (χ2v) is 4.46. The lowest BCUT2D eigenvalue weighted by Gasteiger charge is -2.04. The highest BCUT2D eigenvalue weighted by molar-refractivity contribution is 7.91. The van der Waals surface area contributed by atoms with E-state index in [4.69, 9.17) is 5.11 Å². The average Bonchev–Trinajstić information content (AvgIpc) is 2.06. The molecule has 0 aliphatic carbocycles. The molecule has 0 radical (unpaired) electrons. The molecule has 1 unspecified atom stereocenters. The molecule has 5 nitrogen and oxygen atoms in total. The van der Waals surface area contributed by atoms with E-state index in [0.29, 0.717) is 0 Å². The molecule has 0 spiro atoms. The zero-order valence-electron chi connectivity index (χ0n) is 6.38. The van der Waals surface area contributed by atoms with Gasteiger partial charge in [-0.25, -0.2) is 18.4 Å². The molecular formula is C6H8N2O3S. The maximum Gasteiger partial charge on any atom is 0.207 e. The van der Waals surface area contributed by atoms with Gasteiger partial charge in [-0.05, 0) is 6.92 Å². The second-order valence-electron chi connectivity index (χ2n) is 2.22. The summed E-state index contributed by atoms with van der Waals surface area (Å²) in [6, 6.07) is 0. The van der Waals surface area contributed by atoms with Gasteiger partial charge in [-0.2, -0.15) is 0 Å². The van der Waals surface area contributed by atoms with Crippen LogP contribution < -0.4 is 0 Å². The lowest BCUT2D eigenvalue weighted by molar-refractivity contribution is 0.268. The van der Waals surface area contributed by atoms with Gasteiger partial charge in [-0.15, -0.1) is 0 Å². The Kier molecular flexibility index (Phi) is 2.39. The van der Waals surface area contributed by atoms with Crippen LogP contribution in [0.4, 0.5) is 0 Å². The van der Waals surface area contributed by atoms with Crippen LogP contribution in [0.25, 0.3) is 0 Å². The van der Waals surface area contributed by atoms with Gasteiger partial charge >= 0.3 is 0 Å². The Hall–Kier alpha value is -1.01. The highest BCUT2D eigenvalue weighted by atomic mass is 32.2. The summed E-state index contributed by atoms with van der Waals surface area (Å²) >= 11 is 0. The number of aliphatic hydroxyl groups excluding tert-OH is 1. The van der Waals surface area contributed by atoms with Crippen LogP contribution in [0.5, 0.6) is 0 Å². The fourth-order valence-corrected chi connectivity index (χ4v) is 1.44. The third-order valence-electron chi connectivity index (χ3n) is 1.31. The third kappa shape index (κ3) is 1.59. The Morgan fingerprint density at radius 2 is 1.92 bits per heavy atom. The van der Waals surface area contributed by atoms with Crippen LogP contribution in [0.2, 0.25) is 0 Å². The minimum atomic E-state index is -3.65. The van der Waals surface area contributed by atoms with E-state index in [1.807, 2.05) is 0 Å². The van der Waals surface area contributed by atoms with Gasteiger partial charge in [-0.1, -0.05) is 0 Å². The quantitative estimate of drug-likeness (QED) is 0.682. The van der Waals surface area contributed by atoms with E-state index in [2.05, 4.69) is 9.97 Å². The first-order valence-corrected chi connectivity index (χ1v) is 4.77. The molecule has 12 heavy (non-hydrogen) atoms. The second kappa shape index (κ2) is 3.16. The minimum Gasteiger partial charge on any atom is -0.377 e. The van der Waals surface area contributed by atoms with Crippen LogP contribution >= 0.6 is 0 Å². The third-order valence-corrected chi connectivity index (χ3v) is 3.08. The molecule has 1 aromatic heterocycles. The lowest BCUT2D eigenvalue weighted by atomic mass is 10.7. The van der Waals surface area contributed by atoms with Crippen molar-refractivity contribution in [3.8, 4) is 0 Å². The highest BCUT2D eigenvalue weighted by Crippen LogP contribution is 2.10. The van der Waals surface area contributed by atoms with E-state index in [0.717, 1.165) is 12.4 Å². The summed E-state index contributed by atoms with van der Waals surface area (Å²) in [6.07, 6.45) is 3.52. The van der Waals surface area contributed by atoms with Gasteiger partial charge in [0.05, 0.1) is 0 Å². The van der Waals surface area contributed by atoms with Crippen molar-refractivity contribution in [3.05, 3.63) is 18.7 Å². The number of nitrogens with zero attached hydrogens (tertiary/aromatic N) is 2. The summed E-state index contributed by atoms with van der Waals surface area (Å²) in [5, 5.41) is 8.89. The van der Waals surface area contributed by atoms with Crippen LogP contribution in [0, 0.1) is 0 Å².